The molecule has 0 aliphatic rings. The van der Waals surface area contributed by atoms with Crippen molar-refractivity contribution in [3.63, 3.8) is 0 Å². The Balaban J connectivity index is 1.40. The molecule has 0 spiro atoms. The molecule has 0 unspecified atom stereocenters. The summed E-state index contributed by atoms with van der Waals surface area (Å²) in [5.41, 5.74) is 3.65. The number of carbonyl (C=O) groups is 2. The maximum atomic E-state index is 13.7. The van der Waals surface area contributed by atoms with Gasteiger partial charge < -0.3 is 20.9 Å². The molecule has 3 N–H and O–H groups in total. The second kappa shape index (κ2) is 17.3. The number of carbonyl (C=O) groups excluding carboxylic acids is 2. The average molecular weight is 594 g/mol. The van der Waals surface area contributed by atoms with Crippen molar-refractivity contribution in [1.29, 1.82) is 0 Å². The SMILES string of the molecule is CCCN(CCC)CCC[C@H](NC(=O)c1ccc(CNCc2ccccn2)cc1)C(=O)N[C@@H](C)c1cccc2ccccc12. The van der Waals surface area contributed by atoms with E-state index >= 15 is 0 Å². The molecular formula is C37H47N5O2. The van der Waals surface area contributed by atoms with Gasteiger partial charge in [-0.25, -0.2) is 0 Å². The number of benzene rings is 3. The highest BCUT2D eigenvalue weighted by atomic mass is 16.2. The minimum atomic E-state index is -0.634. The Bertz CT molecular complexity index is 1450. The van der Waals surface area contributed by atoms with E-state index < -0.39 is 6.04 Å². The molecule has 0 saturated heterocycles. The Labute approximate surface area is 262 Å². The van der Waals surface area contributed by atoms with E-state index in [9.17, 15) is 9.59 Å². The van der Waals surface area contributed by atoms with E-state index in [1.165, 1.54) is 0 Å². The zero-order valence-corrected chi connectivity index (χ0v) is 26.4. The van der Waals surface area contributed by atoms with Gasteiger partial charge in [-0.05, 0) is 98.4 Å². The number of rotatable bonds is 17. The van der Waals surface area contributed by atoms with E-state index in [1.54, 1.807) is 6.20 Å². The van der Waals surface area contributed by atoms with Crippen molar-refractivity contribution in [2.75, 3.05) is 19.6 Å². The quantitative estimate of drug-likeness (QED) is 0.132. The van der Waals surface area contributed by atoms with E-state index in [2.05, 4.69) is 63.9 Å². The number of amides is 2. The Morgan fingerprint density at radius 3 is 2.25 bits per heavy atom. The highest BCUT2D eigenvalue weighted by Gasteiger charge is 2.24. The lowest BCUT2D eigenvalue weighted by atomic mass is 9.99. The van der Waals surface area contributed by atoms with Gasteiger partial charge in [0, 0.05) is 24.8 Å². The second-order valence-electron chi connectivity index (χ2n) is 11.4. The summed E-state index contributed by atoms with van der Waals surface area (Å²) in [6, 6.07) is 26.9. The molecule has 3 aromatic carbocycles. The van der Waals surface area contributed by atoms with Crippen LogP contribution >= 0.6 is 0 Å². The maximum Gasteiger partial charge on any atom is 0.251 e. The van der Waals surface area contributed by atoms with Crippen LogP contribution in [0, 0.1) is 0 Å². The maximum absolute atomic E-state index is 13.7. The van der Waals surface area contributed by atoms with Gasteiger partial charge in [-0.2, -0.15) is 0 Å². The average Bonchev–Trinajstić information content (AvgIpc) is 3.05. The van der Waals surface area contributed by atoms with E-state index in [0.717, 1.165) is 66.5 Å². The lowest BCUT2D eigenvalue weighted by Gasteiger charge is -2.25. The third kappa shape index (κ3) is 9.73. The summed E-state index contributed by atoms with van der Waals surface area (Å²) < 4.78 is 0. The minimum absolute atomic E-state index is 0.161. The monoisotopic (exact) mass is 593 g/mol. The van der Waals surface area contributed by atoms with Crippen LogP contribution in [0.15, 0.2) is 91.1 Å². The van der Waals surface area contributed by atoms with Gasteiger partial charge in [-0.1, -0.05) is 74.5 Å². The Kier molecular flexibility index (Phi) is 12.9. The number of hydrogen-bond acceptors (Lipinski definition) is 5. The molecule has 4 aromatic rings. The van der Waals surface area contributed by atoms with Crippen LogP contribution in [0.3, 0.4) is 0 Å². The fourth-order valence-corrected chi connectivity index (χ4v) is 5.63. The number of nitrogens with one attached hydrogen (secondary N) is 3. The van der Waals surface area contributed by atoms with Gasteiger partial charge in [-0.15, -0.1) is 0 Å². The van der Waals surface area contributed by atoms with Crippen LogP contribution in [0.1, 0.15) is 79.7 Å². The van der Waals surface area contributed by atoms with Crippen LogP contribution in [0.5, 0.6) is 0 Å². The van der Waals surface area contributed by atoms with Crippen molar-refractivity contribution in [2.45, 2.75) is 71.6 Å². The van der Waals surface area contributed by atoms with Gasteiger partial charge in [0.1, 0.15) is 6.04 Å². The van der Waals surface area contributed by atoms with Crippen molar-refractivity contribution in [3.05, 3.63) is 114 Å². The molecule has 1 heterocycles. The normalized spacial score (nSPS) is 12.6. The third-order valence-electron chi connectivity index (χ3n) is 7.89. The molecule has 0 saturated carbocycles. The molecule has 7 heteroatoms. The highest BCUT2D eigenvalue weighted by Crippen LogP contribution is 2.24. The first-order valence-electron chi connectivity index (χ1n) is 16.0. The first-order chi connectivity index (χ1) is 21.5. The van der Waals surface area contributed by atoms with E-state index in [-0.39, 0.29) is 17.9 Å². The zero-order valence-electron chi connectivity index (χ0n) is 26.4. The van der Waals surface area contributed by atoms with Crippen LogP contribution in [-0.2, 0) is 17.9 Å². The lowest BCUT2D eigenvalue weighted by molar-refractivity contribution is -0.123. The summed E-state index contributed by atoms with van der Waals surface area (Å²) in [7, 11) is 0. The van der Waals surface area contributed by atoms with Gasteiger partial charge in [0.05, 0.1) is 11.7 Å². The molecule has 1 aromatic heterocycles. The van der Waals surface area contributed by atoms with E-state index in [4.69, 9.17) is 0 Å². The van der Waals surface area contributed by atoms with Crippen LogP contribution in [0.25, 0.3) is 10.8 Å². The fraction of sp³-hybridized carbons (Fsp3) is 0.378. The van der Waals surface area contributed by atoms with Crippen molar-refractivity contribution in [3.8, 4) is 0 Å². The van der Waals surface area contributed by atoms with Crippen LogP contribution in [0.2, 0.25) is 0 Å². The van der Waals surface area contributed by atoms with E-state index in [1.807, 2.05) is 67.6 Å². The molecule has 4 rings (SSSR count). The molecule has 2 amide bonds. The topological polar surface area (TPSA) is 86.4 Å². The molecule has 2 atom stereocenters. The first kappa shape index (κ1) is 32.8. The summed E-state index contributed by atoms with van der Waals surface area (Å²) in [5, 5.41) is 11.9. The number of nitrogens with zero attached hydrogens (tertiary/aromatic N) is 2. The largest absolute Gasteiger partial charge is 0.348 e. The molecule has 0 fully saturated rings. The number of aromatic nitrogens is 1. The van der Waals surface area contributed by atoms with Gasteiger partial charge in [0.2, 0.25) is 5.91 Å². The predicted molar refractivity (Wildman–Crippen MR) is 179 cm³/mol. The molecule has 0 radical (unpaired) electrons. The molecule has 0 aliphatic carbocycles. The van der Waals surface area contributed by atoms with Crippen LogP contribution in [-0.4, -0.2) is 47.4 Å². The Morgan fingerprint density at radius 1 is 0.795 bits per heavy atom. The van der Waals surface area contributed by atoms with Crippen molar-refractivity contribution >= 4 is 22.6 Å². The van der Waals surface area contributed by atoms with Gasteiger partial charge in [0.25, 0.3) is 5.91 Å². The lowest BCUT2D eigenvalue weighted by Crippen LogP contribution is -2.47. The first-order valence-corrected chi connectivity index (χ1v) is 16.0. The molecule has 232 valence electrons. The summed E-state index contributed by atoms with van der Waals surface area (Å²) in [5.74, 6) is -0.401. The van der Waals surface area contributed by atoms with Crippen LogP contribution in [0.4, 0.5) is 0 Å². The number of hydrogen-bond donors (Lipinski definition) is 3. The summed E-state index contributed by atoms with van der Waals surface area (Å²) in [4.78, 5) is 33.8. The number of pyridine rings is 1. The smallest absolute Gasteiger partial charge is 0.251 e. The summed E-state index contributed by atoms with van der Waals surface area (Å²) in [6.07, 6.45) is 5.37. The second-order valence-corrected chi connectivity index (χ2v) is 11.4. The standard InChI is InChI=1S/C37H47N5O2/c1-4-23-42(24-5-2)25-11-17-35(37(44)40-28(3)33-16-10-13-30-12-6-7-15-34(30)33)41-36(43)31-20-18-29(19-21-31)26-38-27-32-14-8-9-22-39-32/h6-10,12-16,18-22,28,35,38H,4-5,11,17,23-27H2,1-3H3,(H,40,44)(H,41,43)/t28-,35-/m0/s1. The zero-order chi connectivity index (χ0) is 31.1. The minimum Gasteiger partial charge on any atom is -0.348 e. The summed E-state index contributed by atoms with van der Waals surface area (Å²) in [6.45, 7) is 10.7. The molecule has 7 nitrogen and oxygen atoms in total. The Hall–Kier alpha value is -4.07. The molecule has 0 aliphatic heterocycles. The fourth-order valence-electron chi connectivity index (χ4n) is 5.63. The number of fused-ring (bicyclic) bond motifs is 1. The van der Waals surface area contributed by atoms with E-state index in [0.29, 0.717) is 25.1 Å². The summed E-state index contributed by atoms with van der Waals surface area (Å²) >= 11 is 0. The molecule has 44 heavy (non-hydrogen) atoms. The van der Waals surface area contributed by atoms with Crippen molar-refractivity contribution in [2.24, 2.45) is 0 Å². The van der Waals surface area contributed by atoms with Crippen molar-refractivity contribution in [1.82, 2.24) is 25.8 Å². The van der Waals surface area contributed by atoms with Gasteiger partial charge >= 0.3 is 0 Å². The molecule has 0 bridgehead atoms. The third-order valence-corrected chi connectivity index (χ3v) is 7.89. The van der Waals surface area contributed by atoms with Gasteiger partial charge in [0.15, 0.2) is 0 Å². The highest BCUT2D eigenvalue weighted by molar-refractivity contribution is 5.97. The van der Waals surface area contributed by atoms with Gasteiger partial charge in [-0.3, -0.25) is 14.6 Å². The Morgan fingerprint density at radius 2 is 1.52 bits per heavy atom. The van der Waals surface area contributed by atoms with Crippen LogP contribution < -0.4 is 16.0 Å². The predicted octanol–water partition coefficient (Wildman–Crippen LogP) is 6.40. The molecular weight excluding hydrogens is 546 g/mol. The van der Waals surface area contributed by atoms with Crippen molar-refractivity contribution < 1.29 is 9.59 Å².